The van der Waals surface area contributed by atoms with E-state index in [9.17, 15) is 17.4 Å². The van der Waals surface area contributed by atoms with Gasteiger partial charge in [0.05, 0.1) is 33.6 Å². The van der Waals surface area contributed by atoms with Crippen LogP contribution in [-0.2, 0) is 32.1 Å². The molecular weight excluding hydrogens is 412 g/mol. The predicted molar refractivity (Wildman–Crippen MR) is 114 cm³/mol. The van der Waals surface area contributed by atoms with Gasteiger partial charge < -0.3 is 10.1 Å². The highest BCUT2D eigenvalue weighted by Gasteiger charge is 2.25. The molecule has 0 spiro atoms. The van der Waals surface area contributed by atoms with Gasteiger partial charge in [-0.15, -0.1) is 0 Å². The fourth-order valence-corrected chi connectivity index (χ4v) is 5.38. The van der Waals surface area contributed by atoms with Gasteiger partial charge >= 0.3 is 5.97 Å². The van der Waals surface area contributed by atoms with E-state index in [1.54, 1.807) is 6.92 Å². The Morgan fingerprint density at radius 3 is 2.45 bits per heavy atom. The van der Waals surface area contributed by atoms with Gasteiger partial charge in [0.2, 0.25) is 10.0 Å². The van der Waals surface area contributed by atoms with E-state index in [0.29, 0.717) is 13.0 Å². The predicted octanol–water partition coefficient (Wildman–Crippen LogP) is 3.03. The molecule has 0 bridgehead atoms. The topological polar surface area (TPSA) is 116 Å². The maximum atomic E-state index is 12.9. The first-order valence-corrected chi connectivity index (χ1v) is 12.2. The Morgan fingerprint density at radius 1 is 1.17 bits per heavy atom. The zero-order valence-electron chi connectivity index (χ0n) is 16.5. The second-order valence-electron chi connectivity index (χ2n) is 6.36. The molecule has 0 fully saturated rings. The van der Waals surface area contributed by atoms with E-state index in [1.165, 1.54) is 6.07 Å². The van der Waals surface area contributed by atoms with Gasteiger partial charge in [-0.2, -0.15) is 0 Å². The molecule has 2 rings (SSSR count). The molecule has 0 heterocycles. The fourth-order valence-electron chi connectivity index (χ4n) is 2.68. The Labute approximate surface area is 174 Å². The van der Waals surface area contributed by atoms with E-state index in [1.807, 2.05) is 37.3 Å². The maximum absolute atomic E-state index is 12.9. The summed E-state index contributed by atoms with van der Waals surface area (Å²) < 4.78 is 42.5. The number of anilines is 1. The molecule has 0 aliphatic rings. The lowest BCUT2D eigenvalue weighted by Gasteiger charge is -2.17. The van der Waals surface area contributed by atoms with Gasteiger partial charge in [0.25, 0.3) is 0 Å². The van der Waals surface area contributed by atoms with Crippen molar-refractivity contribution in [3.63, 3.8) is 0 Å². The maximum Gasteiger partial charge on any atom is 0.338 e. The molecule has 0 aliphatic carbocycles. The Bertz CT molecular complexity index is 976. The minimum Gasteiger partial charge on any atom is -0.462 e. The van der Waals surface area contributed by atoms with Crippen molar-refractivity contribution in [2.75, 3.05) is 17.7 Å². The molecule has 29 heavy (non-hydrogen) atoms. The molecule has 0 aromatic heterocycles. The van der Waals surface area contributed by atoms with Crippen LogP contribution < -0.4 is 10.5 Å². The number of hydrogen-bond donors (Lipinski definition) is 2. The summed E-state index contributed by atoms with van der Waals surface area (Å²) in [6.45, 7) is 4.10. The van der Waals surface area contributed by atoms with Crippen LogP contribution in [0.2, 0.25) is 0 Å². The summed E-state index contributed by atoms with van der Waals surface area (Å²) in [5.41, 5.74) is 1.26. The Morgan fingerprint density at radius 2 is 1.86 bits per heavy atom. The normalized spacial score (nSPS) is 12.4. The van der Waals surface area contributed by atoms with Crippen LogP contribution in [0.15, 0.2) is 52.3 Å². The minimum absolute atomic E-state index is 0.0303. The average Bonchev–Trinajstić information content (AvgIpc) is 2.70. The smallest absolute Gasteiger partial charge is 0.338 e. The molecule has 1 unspecified atom stereocenters. The largest absolute Gasteiger partial charge is 0.462 e. The third-order valence-electron chi connectivity index (χ3n) is 4.11. The third-order valence-corrected chi connectivity index (χ3v) is 6.73. The molecule has 2 aromatic carbocycles. The highest BCUT2D eigenvalue weighted by atomic mass is 32.2. The van der Waals surface area contributed by atoms with Crippen molar-refractivity contribution in [2.24, 2.45) is 5.14 Å². The molecule has 0 radical (unpaired) electrons. The van der Waals surface area contributed by atoms with Crippen LogP contribution in [0.3, 0.4) is 0 Å². The number of nitrogens with two attached hydrogens (primary N) is 1. The van der Waals surface area contributed by atoms with Gasteiger partial charge in [-0.25, -0.2) is 18.4 Å². The molecule has 7 nitrogen and oxygen atoms in total. The van der Waals surface area contributed by atoms with Crippen LogP contribution in [0.1, 0.15) is 42.6 Å². The Kier molecular flexibility index (Phi) is 8.36. The monoisotopic (exact) mass is 438 g/mol. The molecular formula is C20H26N2O5S2. The van der Waals surface area contributed by atoms with Gasteiger partial charge in [0.1, 0.15) is 4.90 Å². The Balaban J connectivity index is 2.58. The van der Waals surface area contributed by atoms with Crippen LogP contribution >= 0.6 is 0 Å². The zero-order chi connectivity index (χ0) is 21.4. The summed E-state index contributed by atoms with van der Waals surface area (Å²) in [6, 6.07) is 12.0. The molecule has 2 aromatic rings. The van der Waals surface area contributed by atoms with Gasteiger partial charge in [-0.05, 0) is 31.0 Å². The first kappa shape index (κ1) is 23.1. The first-order chi connectivity index (χ1) is 13.8. The molecule has 1 atom stereocenters. The minimum atomic E-state index is -4.22. The third kappa shape index (κ3) is 6.38. The summed E-state index contributed by atoms with van der Waals surface area (Å²) in [4.78, 5) is 12.0. The fraction of sp³-hybridized carbons (Fsp3) is 0.350. The number of hydrogen-bond acceptors (Lipinski definition) is 6. The molecule has 158 valence electrons. The summed E-state index contributed by atoms with van der Waals surface area (Å²) in [6.07, 6.45) is 1.47. The van der Waals surface area contributed by atoms with E-state index in [2.05, 4.69) is 5.32 Å². The summed E-state index contributed by atoms with van der Waals surface area (Å²) >= 11 is 0. The van der Waals surface area contributed by atoms with Crippen LogP contribution in [-0.4, -0.2) is 31.0 Å². The number of primary sulfonamides is 1. The average molecular weight is 439 g/mol. The molecule has 3 N–H and O–H groups in total. The number of sulfonamides is 1. The van der Waals surface area contributed by atoms with Gasteiger partial charge in [-0.1, -0.05) is 43.7 Å². The number of ether oxygens (including phenoxy) is 1. The van der Waals surface area contributed by atoms with Gasteiger partial charge in [0.15, 0.2) is 0 Å². The molecule has 0 aliphatic heterocycles. The van der Waals surface area contributed by atoms with Gasteiger partial charge in [-0.3, -0.25) is 4.21 Å². The van der Waals surface area contributed by atoms with Crippen molar-refractivity contribution in [2.45, 2.75) is 43.0 Å². The second kappa shape index (κ2) is 10.5. The van der Waals surface area contributed by atoms with Crippen LogP contribution in [0, 0.1) is 0 Å². The number of esters is 1. The van der Waals surface area contributed by atoms with E-state index in [-0.39, 0.29) is 33.4 Å². The molecule has 9 heteroatoms. The zero-order valence-corrected chi connectivity index (χ0v) is 18.1. The molecule has 0 amide bonds. The standard InChI is InChI=1S/C20H26N2O5S2/c1-3-5-11-28(24)19-17(22-14-15-9-7-6-8-10-15)12-16(20(23)27-4-2)13-18(19)29(21,25)26/h6-10,12-13,22H,3-5,11,14H2,1-2H3,(H2,21,25,26). The first-order valence-electron chi connectivity index (χ1n) is 9.32. The van der Waals surface area contributed by atoms with Crippen molar-refractivity contribution >= 4 is 32.5 Å². The lowest BCUT2D eigenvalue weighted by Crippen LogP contribution is -2.19. The number of unbranched alkanes of at least 4 members (excludes halogenated alkanes) is 1. The van der Waals surface area contributed by atoms with E-state index < -0.39 is 26.8 Å². The highest BCUT2D eigenvalue weighted by molar-refractivity contribution is 7.90. The van der Waals surface area contributed by atoms with E-state index in [0.717, 1.165) is 18.1 Å². The summed E-state index contributed by atoms with van der Waals surface area (Å²) in [5, 5.41) is 8.52. The van der Waals surface area contributed by atoms with Crippen molar-refractivity contribution in [1.82, 2.24) is 0 Å². The molecule has 0 saturated carbocycles. The van der Waals surface area contributed by atoms with Crippen LogP contribution in [0.5, 0.6) is 0 Å². The highest BCUT2D eigenvalue weighted by Crippen LogP contribution is 2.30. The number of carbonyl (C=O) groups is 1. The van der Waals surface area contributed by atoms with Crippen LogP contribution in [0.25, 0.3) is 0 Å². The second-order valence-corrected chi connectivity index (χ2v) is 9.40. The van der Waals surface area contributed by atoms with Crippen molar-refractivity contribution < 1.29 is 22.2 Å². The number of carbonyl (C=O) groups excluding carboxylic acids is 1. The lowest BCUT2D eigenvalue weighted by atomic mass is 10.2. The van der Waals surface area contributed by atoms with Crippen molar-refractivity contribution in [1.29, 1.82) is 0 Å². The SMILES string of the molecule is CCCCS(=O)c1c(NCc2ccccc2)cc(C(=O)OCC)cc1S(N)(=O)=O. The quantitative estimate of drug-likeness (QED) is 0.551. The van der Waals surface area contributed by atoms with Crippen LogP contribution in [0.4, 0.5) is 5.69 Å². The van der Waals surface area contributed by atoms with Gasteiger partial charge in [0, 0.05) is 12.3 Å². The lowest BCUT2D eigenvalue weighted by molar-refractivity contribution is 0.0526. The van der Waals surface area contributed by atoms with E-state index >= 15 is 0 Å². The number of rotatable bonds is 10. The van der Waals surface area contributed by atoms with Crippen molar-refractivity contribution in [3.05, 3.63) is 53.6 Å². The summed E-state index contributed by atoms with van der Waals surface area (Å²) in [5.74, 6) is -0.385. The number of benzene rings is 2. The number of nitrogens with one attached hydrogen (secondary N) is 1. The summed E-state index contributed by atoms with van der Waals surface area (Å²) in [7, 11) is -5.83. The Hall–Kier alpha value is -2.23. The van der Waals surface area contributed by atoms with E-state index in [4.69, 9.17) is 9.88 Å². The van der Waals surface area contributed by atoms with Crippen molar-refractivity contribution in [3.8, 4) is 0 Å². The molecule has 0 saturated heterocycles.